The number of hydrogen-bond acceptors (Lipinski definition) is 3. The molecule has 0 bridgehead atoms. The summed E-state index contributed by atoms with van der Waals surface area (Å²) in [4.78, 5) is 0. The van der Waals surface area contributed by atoms with E-state index in [1.54, 1.807) is 0 Å². The zero-order valence-corrected chi connectivity index (χ0v) is 11.5. The van der Waals surface area contributed by atoms with Crippen LogP contribution in [-0.4, -0.2) is 12.1 Å². The lowest BCUT2D eigenvalue weighted by atomic mass is 9.83. The monoisotopic (exact) mass is 248 g/mol. The number of nitrogens with two attached hydrogens (primary N) is 1. The highest BCUT2D eigenvalue weighted by molar-refractivity contribution is 5.60. The molecular formula is C15H24N2O. The molecule has 2 rings (SSSR count). The second-order valence-corrected chi connectivity index (χ2v) is 5.47. The average molecular weight is 248 g/mol. The van der Waals surface area contributed by atoms with E-state index in [0.29, 0.717) is 6.61 Å². The summed E-state index contributed by atoms with van der Waals surface area (Å²) in [5.74, 6) is 0.847. The second kappa shape index (κ2) is 5.51. The zero-order chi connectivity index (χ0) is 13.0. The normalized spacial score (nSPS) is 18.3. The van der Waals surface area contributed by atoms with Crippen LogP contribution in [-0.2, 0) is 0 Å². The summed E-state index contributed by atoms with van der Waals surface area (Å²) in [6.45, 7) is 4.95. The molecule has 0 radical (unpaired) electrons. The van der Waals surface area contributed by atoms with E-state index >= 15 is 0 Å². The van der Waals surface area contributed by atoms with Gasteiger partial charge in [0.05, 0.1) is 6.61 Å². The van der Waals surface area contributed by atoms with Gasteiger partial charge in [-0.25, -0.2) is 0 Å². The third kappa shape index (κ3) is 3.31. The molecule has 0 saturated heterocycles. The summed E-state index contributed by atoms with van der Waals surface area (Å²) in [6, 6.07) is 5.90. The topological polar surface area (TPSA) is 47.3 Å². The van der Waals surface area contributed by atoms with E-state index in [0.717, 1.165) is 17.1 Å². The van der Waals surface area contributed by atoms with Crippen molar-refractivity contribution in [2.45, 2.75) is 51.5 Å². The molecule has 0 unspecified atom stereocenters. The minimum absolute atomic E-state index is 0.204. The minimum Gasteiger partial charge on any atom is -0.494 e. The summed E-state index contributed by atoms with van der Waals surface area (Å²) in [6.07, 6.45) is 6.43. The van der Waals surface area contributed by atoms with Crippen molar-refractivity contribution >= 4 is 11.4 Å². The van der Waals surface area contributed by atoms with Crippen molar-refractivity contribution in [3.8, 4) is 5.75 Å². The van der Waals surface area contributed by atoms with E-state index in [-0.39, 0.29) is 5.54 Å². The maximum absolute atomic E-state index is 5.92. The van der Waals surface area contributed by atoms with Crippen LogP contribution in [0.3, 0.4) is 0 Å². The van der Waals surface area contributed by atoms with Crippen molar-refractivity contribution in [1.29, 1.82) is 0 Å². The molecule has 18 heavy (non-hydrogen) atoms. The molecule has 3 nitrogen and oxygen atoms in total. The SMILES string of the molecule is CCOc1cc(N)cc(NC2(C)CCCCC2)c1. The number of anilines is 2. The quantitative estimate of drug-likeness (QED) is 0.797. The highest BCUT2D eigenvalue weighted by atomic mass is 16.5. The van der Waals surface area contributed by atoms with Crippen molar-refractivity contribution < 1.29 is 4.74 Å². The summed E-state index contributed by atoms with van der Waals surface area (Å²) in [5, 5.41) is 3.64. The Morgan fingerprint density at radius 3 is 2.61 bits per heavy atom. The number of nitrogens with one attached hydrogen (secondary N) is 1. The molecule has 0 aliphatic heterocycles. The molecule has 3 N–H and O–H groups in total. The molecular weight excluding hydrogens is 224 g/mol. The van der Waals surface area contributed by atoms with Crippen molar-refractivity contribution in [2.24, 2.45) is 0 Å². The molecule has 1 fully saturated rings. The van der Waals surface area contributed by atoms with Gasteiger partial charge in [0.25, 0.3) is 0 Å². The molecule has 0 spiro atoms. The van der Waals surface area contributed by atoms with Crippen LogP contribution in [0.15, 0.2) is 18.2 Å². The molecule has 0 amide bonds. The predicted molar refractivity (Wildman–Crippen MR) is 77.1 cm³/mol. The Bertz CT molecular complexity index is 397. The highest BCUT2D eigenvalue weighted by Gasteiger charge is 2.26. The molecule has 0 aromatic heterocycles. The second-order valence-electron chi connectivity index (χ2n) is 5.47. The number of nitrogen functional groups attached to an aromatic ring is 1. The standard InChI is InChI=1S/C15H24N2O/c1-3-18-14-10-12(16)9-13(11-14)17-15(2)7-5-4-6-8-15/h9-11,17H,3-8,16H2,1-2H3. The third-order valence-corrected chi connectivity index (χ3v) is 3.64. The van der Waals surface area contributed by atoms with Gasteiger partial charge < -0.3 is 15.8 Å². The van der Waals surface area contributed by atoms with Gasteiger partial charge in [-0.15, -0.1) is 0 Å². The Hall–Kier alpha value is -1.38. The Morgan fingerprint density at radius 1 is 1.22 bits per heavy atom. The van der Waals surface area contributed by atoms with E-state index in [1.165, 1.54) is 32.1 Å². The number of hydrogen-bond donors (Lipinski definition) is 2. The van der Waals surface area contributed by atoms with Gasteiger partial charge in [-0.1, -0.05) is 19.3 Å². The fraction of sp³-hybridized carbons (Fsp3) is 0.600. The van der Waals surface area contributed by atoms with Crippen LogP contribution in [0.4, 0.5) is 11.4 Å². The third-order valence-electron chi connectivity index (χ3n) is 3.64. The first-order chi connectivity index (χ1) is 8.61. The van der Waals surface area contributed by atoms with Crippen LogP contribution in [0.2, 0.25) is 0 Å². The fourth-order valence-corrected chi connectivity index (χ4v) is 2.75. The predicted octanol–water partition coefficient (Wildman–Crippen LogP) is 3.80. The summed E-state index contributed by atoms with van der Waals surface area (Å²) < 4.78 is 5.53. The van der Waals surface area contributed by atoms with Gasteiger partial charge in [-0.05, 0) is 32.8 Å². The first-order valence-electron chi connectivity index (χ1n) is 6.93. The van der Waals surface area contributed by atoms with E-state index < -0.39 is 0 Å². The first-order valence-corrected chi connectivity index (χ1v) is 6.93. The van der Waals surface area contributed by atoms with Crippen molar-refractivity contribution in [2.75, 3.05) is 17.7 Å². The summed E-state index contributed by atoms with van der Waals surface area (Å²) in [5.41, 5.74) is 7.95. The number of ether oxygens (including phenoxy) is 1. The van der Waals surface area contributed by atoms with Crippen molar-refractivity contribution in [3.63, 3.8) is 0 Å². The van der Waals surface area contributed by atoms with Gasteiger partial charge in [0.15, 0.2) is 0 Å². The molecule has 1 aliphatic carbocycles. The van der Waals surface area contributed by atoms with Crippen LogP contribution < -0.4 is 15.8 Å². The fourth-order valence-electron chi connectivity index (χ4n) is 2.75. The van der Waals surface area contributed by atoms with E-state index in [4.69, 9.17) is 10.5 Å². The number of benzene rings is 1. The molecule has 1 aromatic rings. The van der Waals surface area contributed by atoms with Gasteiger partial charge in [0, 0.05) is 29.0 Å². The van der Waals surface area contributed by atoms with Crippen molar-refractivity contribution in [1.82, 2.24) is 0 Å². The van der Waals surface area contributed by atoms with Gasteiger partial charge >= 0.3 is 0 Å². The Balaban J connectivity index is 2.12. The highest BCUT2D eigenvalue weighted by Crippen LogP contribution is 2.33. The van der Waals surface area contributed by atoms with Gasteiger partial charge in [-0.2, -0.15) is 0 Å². The largest absolute Gasteiger partial charge is 0.494 e. The average Bonchev–Trinajstić information content (AvgIpc) is 2.28. The van der Waals surface area contributed by atoms with Gasteiger partial charge in [0.2, 0.25) is 0 Å². The van der Waals surface area contributed by atoms with Crippen LogP contribution in [0, 0.1) is 0 Å². The molecule has 100 valence electrons. The molecule has 1 aliphatic rings. The Labute approximate surface area is 110 Å². The first kappa shape index (κ1) is 13.1. The smallest absolute Gasteiger partial charge is 0.123 e. The van der Waals surface area contributed by atoms with Crippen LogP contribution in [0.1, 0.15) is 46.0 Å². The van der Waals surface area contributed by atoms with Crippen LogP contribution >= 0.6 is 0 Å². The molecule has 0 atom stereocenters. The molecule has 1 aromatic carbocycles. The minimum atomic E-state index is 0.204. The lowest BCUT2D eigenvalue weighted by Crippen LogP contribution is -2.36. The lowest BCUT2D eigenvalue weighted by Gasteiger charge is -2.35. The van der Waals surface area contributed by atoms with E-state index in [9.17, 15) is 0 Å². The van der Waals surface area contributed by atoms with E-state index in [2.05, 4.69) is 12.2 Å². The molecule has 0 heterocycles. The van der Waals surface area contributed by atoms with Gasteiger partial charge in [-0.3, -0.25) is 0 Å². The van der Waals surface area contributed by atoms with Gasteiger partial charge in [0.1, 0.15) is 5.75 Å². The number of rotatable bonds is 4. The maximum Gasteiger partial charge on any atom is 0.123 e. The maximum atomic E-state index is 5.92. The summed E-state index contributed by atoms with van der Waals surface area (Å²) in [7, 11) is 0. The Morgan fingerprint density at radius 2 is 1.94 bits per heavy atom. The van der Waals surface area contributed by atoms with E-state index in [1.807, 2.05) is 25.1 Å². The molecule has 3 heteroatoms. The molecule has 1 saturated carbocycles. The summed E-state index contributed by atoms with van der Waals surface area (Å²) >= 11 is 0. The zero-order valence-electron chi connectivity index (χ0n) is 11.5. The Kier molecular flexibility index (Phi) is 4.00. The van der Waals surface area contributed by atoms with Crippen LogP contribution in [0.5, 0.6) is 5.75 Å². The lowest BCUT2D eigenvalue weighted by molar-refractivity contribution is 0.339. The van der Waals surface area contributed by atoms with Crippen LogP contribution in [0.25, 0.3) is 0 Å². The van der Waals surface area contributed by atoms with Crippen molar-refractivity contribution in [3.05, 3.63) is 18.2 Å².